The third-order valence-corrected chi connectivity index (χ3v) is 3.76. The maximum Gasteiger partial charge on any atom is 0.0895 e. The number of hydrogen-bond acceptors (Lipinski definition) is 2. The first-order chi connectivity index (χ1) is 10.7. The van der Waals surface area contributed by atoms with E-state index >= 15 is 0 Å². The summed E-state index contributed by atoms with van der Waals surface area (Å²) >= 11 is 0. The van der Waals surface area contributed by atoms with Crippen molar-refractivity contribution in [3.8, 4) is 0 Å². The fraction of sp³-hybridized carbons (Fsp3) is 0.111. The van der Waals surface area contributed by atoms with Crippen LogP contribution in [0.1, 0.15) is 22.8 Å². The van der Waals surface area contributed by atoms with Crippen molar-refractivity contribution in [1.29, 1.82) is 0 Å². The van der Waals surface area contributed by atoms with Gasteiger partial charge in [-0.1, -0.05) is 0 Å². The normalized spacial score (nSPS) is 19.9. The molecule has 2 N–H and O–H groups in total. The summed E-state index contributed by atoms with van der Waals surface area (Å²) in [7, 11) is 0. The average Bonchev–Trinajstić information content (AvgIpc) is 3.24. The number of aliphatic imine (C=N–C) groups is 2. The Hall–Kier alpha value is -2.88. The predicted octanol–water partition coefficient (Wildman–Crippen LogP) is 3.59. The van der Waals surface area contributed by atoms with Gasteiger partial charge in [0.1, 0.15) is 0 Å². The van der Waals surface area contributed by atoms with Gasteiger partial charge in [-0.15, -0.1) is 0 Å². The molecule has 4 heteroatoms. The average molecular weight is 288 g/mol. The van der Waals surface area contributed by atoms with E-state index in [4.69, 9.17) is 0 Å². The maximum atomic E-state index is 4.67. The topological polar surface area (TPSA) is 56.3 Å². The Morgan fingerprint density at radius 3 is 1.45 bits per heavy atom. The molecule has 0 aromatic carbocycles. The first-order valence-corrected chi connectivity index (χ1v) is 7.29. The molecule has 0 amide bonds. The fourth-order valence-electron chi connectivity index (χ4n) is 2.62. The van der Waals surface area contributed by atoms with Gasteiger partial charge >= 0.3 is 0 Å². The van der Waals surface area contributed by atoms with Crippen molar-refractivity contribution < 1.29 is 0 Å². The van der Waals surface area contributed by atoms with E-state index in [2.05, 4.69) is 32.1 Å². The van der Waals surface area contributed by atoms with E-state index in [-0.39, 0.29) is 0 Å². The lowest BCUT2D eigenvalue weighted by Gasteiger charge is -1.96. The molecule has 0 aliphatic carbocycles. The minimum absolute atomic E-state index is 0.900. The smallest absolute Gasteiger partial charge is 0.0895 e. The molecule has 0 saturated carbocycles. The lowest BCUT2D eigenvalue weighted by Crippen LogP contribution is -1.94. The van der Waals surface area contributed by atoms with Gasteiger partial charge in [-0.3, -0.25) is 0 Å². The molecule has 0 radical (unpaired) electrons. The molecule has 0 spiro atoms. The van der Waals surface area contributed by atoms with Crippen molar-refractivity contribution in [3.63, 3.8) is 0 Å². The Morgan fingerprint density at radius 2 is 1.09 bits per heavy atom. The van der Waals surface area contributed by atoms with Gasteiger partial charge in [-0.05, 0) is 62.4 Å². The summed E-state index contributed by atoms with van der Waals surface area (Å²) in [6, 6.07) is 8.20. The van der Waals surface area contributed by atoms with Crippen molar-refractivity contribution >= 4 is 11.4 Å². The van der Waals surface area contributed by atoms with E-state index < -0.39 is 0 Å². The number of nitrogens with one attached hydrogen (secondary N) is 2. The van der Waals surface area contributed by atoms with Crippen molar-refractivity contribution in [2.24, 2.45) is 9.98 Å². The van der Waals surface area contributed by atoms with Gasteiger partial charge in [0.2, 0.25) is 0 Å². The minimum atomic E-state index is 0.900. The van der Waals surface area contributed by atoms with Crippen LogP contribution in [0.3, 0.4) is 0 Å². The van der Waals surface area contributed by atoms with E-state index in [0.717, 1.165) is 45.6 Å². The lowest BCUT2D eigenvalue weighted by molar-refractivity contribution is 1.23. The Bertz CT molecular complexity index is 823. The lowest BCUT2D eigenvalue weighted by atomic mass is 10.2. The van der Waals surface area contributed by atoms with Crippen LogP contribution in [0.15, 0.2) is 69.9 Å². The molecule has 0 bridgehead atoms. The fourth-order valence-corrected chi connectivity index (χ4v) is 2.62. The van der Waals surface area contributed by atoms with Crippen LogP contribution in [0.25, 0.3) is 0 Å². The van der Waals surface area contributed by atoms with Gasteiger partial charge in [0.05, 0.1) is 34.2 Å². The molecule has 4 heterocycles. The first kappa shape index (κ1) is 12.8. The summed E-state index contributed by atoms with van der Waals surface area (Å²) in [5.41, 5.74) is 8.04. The summed E-state index contributed by atoms with van der Waals surface area (Å²) < 4.78 is 0. The largest absolute Gasteiger partial charge is 0.357 e. The van der Waals surface area contributed by atoms with Crippen LogP contribution in [-0.4, -0.2) is 21.4 Å². The Kier molecular flexibility index (Phi) is 2.82. The van der Waals surface area contributed by atoms with Crippen molar-refractivity contribution in [2.75, 3.05) is 0 Å². The Labute approximate surface area is 128 Å². The second-order valence-corrected chi connectivity index (χ2v) is 5.54. The number of allylic oxidation sites excluding steroid dienone is 4. The molecule has 0 saturated heterocycles. The molecule has 2 aliphatic heterocycles. The summed E-state index contributed by atoms with van der Waals surface area (Å²) in [6.45, 7) is 4.08. The van der Waals surface area contributed by atoms with E-state index in [1.54, 1.807) is 0 Å². The monoisotopic (exact) mass is 288 g/mol. The molecule has 0 fully saturated rings. The number of aromatic amines is 2. The summed E-state index contributed by atoms with van der Waals surface area (Å²) in [6.07, 6.45) is 8.07. The highest BCUT2D eigenvalue weighted by Crippen LogP contribution is 2.23. The summed E-state index contributed by atoms with van der Waals surface area (Å²) in [5, 5.41) is 0. The van der Waals surface area contributed by atoms with Crippen molar-refractivity contribution in [2.45, 2.75) is 13.8 Å². The van der Waals surface area contributed by atoms with E-state index in [9.17, 15) is 0 Å². The molecule has 0 unspecified atom stereocenters. The molecule has 2 aromatic heterocycles. The highest BCUT2D eigenvalue weighted by atomic mass is 14.9. The zero-order valence-corrected chi connectivity index (χ0v) is 12.5. The third-order valence-electron chi connectivity index (χ3n) is 3.76. The molecule has 4 rings (SSSR count). The Morgan fingerprint density at radius 1 is 0.636 bits per heavy atom. The molecule has 2 aliphatic rings. The second kappa shape index (κ2) is 4.84. The maximum absolute atomic E-state index is 4.67. The molecular weight excluding hydrogens is 272 g/mol. The number of aryl methyl sites for hydroxylation is 2. The quantitative estimate of drug-likeness (QED) is 0.848. The number of nitrogens with zero attached hydrogens (tertiary/aromatic N) is 2. The van der Waals surface area contributed by atoms with Crippen molar-refractivity contribution in [1.82, 2.24) is 9.97 Å². The highest BCUT2D eigenvalue weighted by Gasteiger charge is 2.15. The van der Waals surface area contributed by atoms with Crippen LogP contribution in [0.5, 0.6) is 0 Å². The standard InChI is InChI=1S/C18H16N4/c1-11-3-5-13(19-11)15-7-9-17(21-15)18-10-8-16(22-18)14-6-4-12(2)20-14/h3-10,19-20H,1-2H3/b18-17+. The van der Waals surface area contributed by atoms with Crippen LogP contribution in [0, 0.1) is 13.8 Å². The Balaban J connectivity index is 1.67. The van der Waals surface area contributed by atoms with E-state index in [1.807, 2.05) is 50.3 Å². The van der Waals surface area contributed by atoms with Gasteiger partial charge in [-0.2, -0.15) is 0 Å². The van der Waals surface area contributed by atoms with Gasteiger partial charge in [0, 0.05) is 11.4 Å². The van der Waals surface area contributed by atoms with Crippen LogP contribution in [-0.2, 0) is 0 Å². The second-order valence-electron chi connectivity index (χ2n) is 5.54. The molecule has 2 aromatic rings. The molecule has 108 valence electrons. The van der Waals surface area contributed by atoms with Crippen LogP contribution < -0.4 is 0 Å². The summed E-state index contributed by atoms with van der Waals surface area (Å²) in [5.74, 6) is 0. The zero-order chi connectivity index (χ0) is 15.1. The van der Waals surface area contributed by atoms with E-state index in [1.165, 1.54) is 0 Å². The molecular formula is C18H16N4. The van der Waals surface area contributed by atoms with Crippen molar-refractivity contribution in [3.05, 3.63) is 82.7 Å². The highest BCUT2D eigenvalue weighted by molar-refractivity contribution is 6.12. The summed E-state index contributed by atoms with van der Waals surface area (Å²) in [4.78, 5) is 16.0. The minimum Gasteiger partial charge on any atom is -0.357 e. The molecule has 22 heavy (non-hydrogen) atoms. The zero-order valence-electron chi connectivity index (χ0n) is 12.5. The van der Waals surface area contributed by atoms with Gasteiger partial charge in [0.15, 0.2) is 0 Å². The predicted molar refractivity (Wildman–Crippen MR) is 89.4 cm³/mol. The van der Waals surface area contributed by atoms with E-state index in [0.29, 0.717) is 0 Å². The number of H-pyrrole nitrogens is 2. The van der Waals surface area contributed by atoms with Gasteiger partial charge in [-0.25, -0.2) is 9.98 Å². The SMILES string of the molecule is Cc1ccc(C2=N/C(=C3\C=CC(c4ccc(C)[nH]4)=N3)C=C2)[nH]1. The molecule has 4 nitrogen and oxygen atoms in total. The number of rotatable bonds is 2. The first-order valence-electron chi connectivity index (χ1n) is 7.29. The van der Waals surface area contributed by atoms with Crippen LogP contribution in [0.2, 0.25) is 0 Å². The van der Waals surface area contributed by atoms with Crippen LogP contribution >= 0.6 is 0 Å². The third kappa shape index (κ3) is 2.19. The molecule has 0 atom stereocenters. The van der Waals surface area contributed by atoms with Gasteiger partial charge in [0.25, 0.3) is 0 Å². The number of hydrogen-bond donors (Lipinski definition) is 2. The number of aromatic nitrogens is 2. The van der Waals surface area contributed by atoms with Gasteiger partial charge < -0.3 is 9.97 Å². The van der Waals surface area contributed by atoms with Crippen LogP contribution in [0.4, 0.5) is 0 Å².